The van der Waals surface area contributed by atoms with Gasteiger partial charge in [0.2, 0.25) is 0 Å². The highest BCUT2D eigenvalue weighted by molar-refractivity contribution is 6.28. The van der Waals surface area contributed by atoms with Crippen molar-refractivity contribution in [2.45, 2.75) is 0 Å². The minimum atomic E-state index is 0.864. The molecular formula is C52H30O2. The van der Waals surface area contributed by atoms with E-state index in [-0.39, 0.29) is 0 Å². The monoisotopic (exact) mass is 686 g/mol. The van der Waals surface area contributed by atoms with E-state index in [0.29, 0.717) is 0 Å². The summed E-state index contributed by atoms with van der Waals surface area (Å²) in [6.45, 7) is 0. The van der Waals surface area contributed by atoms with Gasteiger partial charge in [0.15, 0.2) is 0 Å². The molecular weight excluding hydrogens is 657 g/mol. The predicted octanol–water partition coefficient (Wildman–Crippen LogP) is 15.1. The molecule has 0 aliphatic heterocycles. The average Bonchev–Trinajstić information content (AvgIpc) is 3.81. The lowest BCUT2D eigenvalue weighted by molar-refractivity contribution is 0.664. The van der Waals surface area contributed by atoms with E-state index in [2.05, 4.69) is 170 Å². The summed E-state index contributed by atoms with van der Waals surface area (Å²) in [6.07, 6.45) is 0. The van der Waals surface area contributed by atoms with Crippen LogP contribution in [0.15, 0.2) is 191 Å². The van der Waals surface area contributed by atoms with Crippen LogP contribution in [0.2, 0.25) is 0 Å². The van der Waals surface area contributed by atoms with Gasteiger partial charge < -0.3 is 8.83 Å². The third kappa shape index (κ3) is 4.17. The summed E-state index contributed by atoms with van der Waals surface area (Å²) < 4.78 is 13.0. The van der Waals surface area contributed by atoms with E-state index in [0.717, 1.165) is 60.4 Å². The maximum absolute atomic E-state index is 6.56. The Hall–Kier alpha value is -7.16. The van der Waals surface area contributed by atoms with E-state index >= 15 is 0 Å². The third-order valence-electron chi connectivity index (χ3n) is 11.4. The molecule has 0 saturated heterocycles. The highest BCUT2D eigenvalue weighted by atomic mass is 16.3. The van der Waals surface area contributed by atoms with E-state index < -0.39 is 0 Å². The Morgan fingerprint density at radius 2 is 0.815 bits per heavy atom. The largest absolute Gasteiger partial charge is 0.456 e. The van der Waals surface area contributed by atoms with E-state index in [1.54, 1.807) is 0 Å². The smallest absolute Gasteiger partial charge is 0.143 e. The van der Waals surface area contributed by atoms with Gasteiger partial charge in [0, 0.05) is 26.9 Å². The van der Waals surface area contributed by atoms with Crippen LogP contribution in [0.25, 0.3) is 120 Å². The van der Waals surface area contributed by atoms with Crippen LogP contribution in [-0.2, 0) is 0 Å². The highest BCUT2D eigenvalue weighted by Crippen LogP contribution is 2.47. The molecule has 0 spiro atoms. The van der Waals surface area contributed by atoms with E-state index in [4.69, 9.17) is 8.83 Å². The van der Waals surface area contributed by atoms with Crippen molar-refractivity contribution in [2.75, 3.05) is 0 Å². The van der Waals surface area contributed by atoms with Crippen molar-refractivity contribution >= 4 is 87.0 Å². The van der Waals surface area contributed by atoms with Gasteiger partial charge in [-0.3, -0.25) is 0 Å². The van der Waals surface area contributed by atoms with Crippen LogP contribution in [-0.4, -0.2) is 0 Å². The quantitative estimate of drug-likeness (QED) is 0.173. The molecule has 0 fully saturated rings. The van der Waals surface area contributed by atoms with Gasteiger partial charge in [0.1, 0.15) is 22.3 Å². The molecule has 54 heavy (non-hydrogen) atoms. The van der Waals surface area contributed by atoms with Gasteiger partial charge in [-0.2, -0.15) is 0 Å². The molecule has 0 saturated carbocycles. The minimum Gasteiger partial charge on any atom is -0.456 e. The topological polar surface area (TPSA) is 26.3 Å². The summed E-state index contributed by atoms with van der Waals surface area (Å²) in [6, 6.07) is 65.6. The standard InChI is InChI=1S/C52H30O2/c1-3-16-36-31(11-1)13-10-22-38(36)49-41-20-7-5-18-39(41)48(40-19-6-8-21-42(40)49)35-15-9-14-33(29-35)34-24-26-45-44(30-34)51-46(53-45)27-28-47-50(51)43-25-23-32-12-2-4-17-37(32)52(43)54-47/h1-30H. The summed E-state index contributed by atoms with van der Waals surface area (Å²) in [7, 11) is 0. The number of furan rings is 2. The van der Waals surface area contributed by atoms with Crippen LogP contribution in [0, 0.1) is 0 Å². The summed E-state index contributed by atoms with van der Waals surface area (Å²) in [5.41, 5.74) is 10.8. The number of rotatable bonds is 3. The van der Waals surface area contributed by atoms with Gasteiger partial charge in [-0.1, -0.05) is 146 Å². The van der Waals surface area contributed by atoms with Gasteiger partial charge >= 0.3 is 0 Å². The molecule has 250 valence electrons. The van der Waals surface area contributed by atoms with E-state index in [9.17, 15) is 0 Å². The maximum atomic E-state index is 6.56. The Morgan fingerprint density at radius 1 is 0.278 bits per heavy atom. The second-order valence-electron chi connectivity index (χ2n) is 14.3. The van der Waals surface area contributed by atoms with E-state index in [1.807, 2.05) is 12.1 Å². The molecule has 12 rings (SSSR count). The van der Waals surface area contributed by atoms with Crippen LogP contribution in [0.5, 0.6) is 0 Å². The average molecular weight is 687 g/mol. The van der Waals surface area contributed by atoms with Gasteiger partial charge in [-0.25, -0.2) is 0 Å². The Morgan fingerprint density at radius 3 is 1.57 bits per heavy atom. The SMILES string of the molecule is c1cc(-c2ccc3oc4ccc5oc6c7ccccc7ccc6c5c4c3c2)cc(-c2c3ccccc3c(-c3cccc4ccccc34)c3ccccc23)c1. The molecule has 2 heteroatoms. The van der Waals surface area contributed by atoms with Crippen LogP contribution in [0.1, 0.15) is 0 Å². The van der Waals surface area contributed by atoms with Crippen LogP contribution < -0.4 is 0 Å². The van der Waals surface area contributed by atoms with Gasteiger partial charge in [-0.15, -0.1) is 0 Å². The van der Waals surface area contributed by atoms with E-state index in [1.165, 1.54) is 60.0 Å². The molecule has 0 atom stereocenters. The fraction of sp³-hybridized carbons (Fsp3) is 0. The lowest BCUT2D eigenvalue weighted by Gasteiger charge is -2.19. The van der Waals surface area contributed by atoms with Crippen molar-refractivity contribution in [1.29, 1.82) is 0 Å². The molecule has 10 aromatic carbocycles. The van der Waals surface area contributed by atoms with Gasteiger partial charge in [-0.05, 0) is 107 Å². The van der Waals surface area contributed by atoms with Gasteiger partial charge in [0.05, 0.1) is 0 Å². The van der Waals surface area contributed by atoms with Crippen molar-refractivity contribution < 1.29 is 8.83 Å². The Kier molecular flexibility index (Phi) is 6.09. The summed E-state index contributed by atoms with van der Waals surface area (Å²) in [4.78, 5) is 0. The molecule has 12 aromatic rings. The fourth-order valence-corrected chi connectivity index (χ4v) is 9.07. The predicted molar refractivity (Wildman–Crippen MR) is 227 cm³/mol. The number of hydrogen-bond acceptors (Lipinski definition) is 2. The van der Waals surface area contributed by atoms with Crippen molar-refractivity contribution in [3.63, 3.8) is 0 Å². The molecule has 2 heterocycles. The second kappa shape index (κ2) is 11.2. The van der Waals surface area contributed by atoms with Gasteiger partial charge in [0.25, 0.3) is 0 Å². The molecule has 0 radical (unpaired) electrons. The molecule has 0 unspecified atom stereocenters. The van der Waals surface area contributed by atoms with Crippen LogP contribution in [0.4, 0.5) is 0 Å². The first-order valence-corrected chi connectivity index (χ1v) is 18.5. The Balaban J connectivity index is 1.08. The van der Waals surface area contributed by atoms with Crippen molar-refractivity contribution in [3.05, 3.63) is 182 Å². The summed E-state index contributed by atoms with van der Waals surface area (Å²) in [5, 5.41) is 14.2. The highest BCUT2D eigenvalue weighted by Gasteiger charge is 2.20. The first kappa shape index (κ1) is 29.4. The number of fused-ring (bicyclic) bond motifs is 12. The molecule has 0 bridgehead atoms. The third-order valence-corrected chi connectivity index (χ3v) is 11.4. The van der Waals surface area contributed by atoms with Crippen LogP contribution in [0.3, 0.4) is 0 Å². The minimum absolute atomic E-state index is 0.864. The zero-order chi connectivity index (χ0) is 35.3. The molecule has 0 N–H and O–H groups in total. The van der Waals surface area contributed by atoms with Crippen LogP contribution >= 0.6 is 0 Å². The molecule has 2 aromatic heterocycles. The zero-order valence-electron chi connectivity index (χ0n) is 29.1. The summed E-state index contributed by atoms with van der Waals surface area (Å²) >= 11 is 0. The van der Waals surface area contributed by atoms with Crippen molar-refractivity contribution in [3.8, 4) is 33.4 Å². The summed E-state index contributed by atoms with van der Waals surface area (Å²) in [5.74, 6) is 0. The Bertz CT molecular complexity index is 3440. The number of benzene rings is 10. The molecule has 0 aliphatic rings. The van der Waals surface area contributed by atoms with Crippen molar-refractivity contribution in [1.82, 2.24) is 0 Å². The lowest BCUT2D eigenvalue weighted by atomic mass is 9.84. The second-order valence-corrected chi connectivity index (χ2v) is 14.3. The maximum Gasteiger partial charge on any atom is 0.143 e. The lowest BCUT2D eigenvalue weighted by Crippen LogP contribution is -1.92. The molecule has 2 nitrogen and oxygen atoms in total. The Labute approximate surface area is 310 Å². The zero-order valence-corrected chi connectivity index (χ0v) is 29.1. The fourth-order valence-electron chi connectivity index (χ4n) is 9.07. The molecule has 0 amide bonds. The first-order valence-electron chi connectivity index (χ1n) is 18.5. The normalized spacial score (nSPS) is 12.1. The molecule has 0 aliphatic carbocycles. The van der Waals surface area contributed by atoms with Crippen molar-refractivity contribution in [2.24, 2.45) is 0 Å². The number of hydrogen-bond donors (Lipinski definition) is 0. The first-order chi connectivity index (χ1) is 26.8.